The van der Waals surface area contributed by atoms with Gasteiger partial charge in [0.1, 0.15) is 5.75 Å². The summed E-state index contributed by atoms with van der Waals surface area (Å²) in [7, 11) is 0. The molecule has 0 fully saturated rings. The predicted octanol–water partition coefficient (Wildman–Crippen LogP) is 2.33. The van der Waals surface area contributed by atoms with Gasteiger partial charge >= 0.3 is 0 Å². The SMILES string of the molecule is CC(C)C(CN)CNCc1ccc2c(c1)CCCO2. The second-order valence-electron chi connectivity index (χ2n) is 5.76. The fraction of sp³-hybridized carbons (Fsp3) is 0.625. The van der Waals surface area contributed by atoms with E-state index >= 15 is 0 Å². The van der Waals surface area contributed by atoms with Crippen molar-refractivity contribution in [2.75, 3.05) is 19.7 Å². The van der Waals surface area contributed by atoms with Crippen LogP contribution in [0.4, 0.5) is 0 Å². The van der Waals surface area contributed by atoms with Crippen molar-refractivity contribution in [1.29, 1.82) is 0 Å². The van der Waals surface area contributed by atoms with E-state index in [1.807, 2.05) is 0 Å². The second-order valence-corrected chi connectivity index (χ2v) is 5.76. The Kier molecular flexibility index (Phi) is 5.23. The molecule has 1 atom stereocenters. The van der Waals surface area contributed by atoms with E-state index in [-0.39, 0.29) is 0 Å². The first-order valence-corrected chi connectivity index (χ1v) is 7.36. The summed E-state index contributed by atoms with van der Waals surface area (Å²) in [5, 5.41) is 3.52. The molecule has 0 aromatic heterocycles. The standard InChI is InChI=1S/C16H26N2O/c1-12(2)15(9-17)11-18-10-13-5-6-16-14(8-13)4-3-7-19-16/h5-6,8,12,15,18H,3-4,7,9-11,17H2,1-2H3. The minimum atomic E-state index is 0.556. The third-order valence-corrected chi connectivity index (χ3v) is 3.95. The van der Waals surface area contributed by atoms with Crippen LogP contribution in [0.5, 0.6) is 5.75 Å². The van der Waals surface area contributed by atoms with Gasteiger partial charge in [-0.3, -0.25) is 0 Å². The second kappa shape index (κ2) is 6.92. The molecule has 0 saturated carbocycles. The molecule has 106 valence electrons. The molecule has 2 rings (SSSR count). The van der Waals surface area contributed by atoms with E-state index in [0.717, 1.165) is 44.8 Å². The van der Waals surface area contributed by atoms with Crippen LogP contribution in [0.25, 0.3) is 0 Å². The summed E-state index contributed by atoms with van der Waals surface area (Å²) in [6.07, 6.45) is 2.27. The summed E-state index contributed by atoms with van der Waals surface area (Å²) >= 11 is 0. The maximum absolute atomic E-state index is 5.79. The molecule has 0 aliphatic carbocycles. The Morgan fingerprint density at radius 3 is 2.95 bits per heavy atom. The lowest BCUT2D eigenvalue weighted by Gasteiger charge is -2.20. The molecule has 1 aliphatic heterocycles. The minimum absolute atomic E-state index is 0.556. The summed E-state index contributed by atoms with van der Waals surface area (Å²) in [5.74, 6) is 2.26. The zero-order valence-corrected chi connectivity index (χ0v) is 12.1. The largest absolute Gasteiger partial charge is 0.493 e. The van der Waals surface area contributed by atoms with Crippen molar-refractivity contribution >= 4 is 0 Å². The van der Waals surface area contributed by atoms with Gasteiger partial charge in [-0.05, 0) is 55.0 Å². The summed E-state index contributed by atoms with van der Waals surface area (Å²) in [5.41, 5.74) is 8.48. The Morgan fingerprint density at radius 1 is 1.37 bits per heavy atom. The normalized spacial score (nSPS) is 16.0. The first kappa shape index (κ1) is 14.4. The number of rotatable bonds is 6. The topological polar surface area (TPSA) is 47.3 Å². The fourth-order valence-corrected chi connectivity index (χ4v) is 2.52. The van der Waals surface area contributed by atoms with Crippen LogP contribution >= 0.6 is 0 Å². The highest BCUT2D eigenvalue weighted by Crippen LogP contribution is 2.25. The minimum Gasteiger partial charge on any atom is -0.493 e. The number of nitrogens with one attached hydrogen (secondary N) is 1. The van der Waals surface area contributed by atoms with Crippen LogP contribution in [0.2, 0.25) is 0 Å². The van der Waals surface area contributed by atoms with Gasteiger partial charge in [0.25, 0.3) is 0 Å². The van der Waals surface area contributed by atoms with E-state index in [1.54, 1.807) is 0 Å². The molecule has 19 heavy (non-hydrogen) atoms. The molecule has 1 aromatic carbocycles. The Morgan fingerprint density at radius 2 is 2.21 bits per heavy atom. The van der Waals surface area contributed by atoms with E-state index in [9.17, 15) is 0 Å². The summed E-state index contributed by atoms with van der Waals surface area (Å²) in [6, 6.07) is 6.53. The monoisotopic (exact) mass is 262 g/mol. The molecule has 0 spiro atoms. The molecule has 1 aliphatic rings. The quantitative estimate of drug-likeness (QED) is 0.827. The first-order valence-electron chi connectivity index (χ1n) is 7.36. The predicted molar refractivity (Wildman–Crippen MR) is 79.3 cm³/mol. The number of fused-ring (bicyclic) bond motifs is 1. The van der Waals surface area contributed by atoms with Crippen LogP contribution in [0.3, 0.4) is 0 Å². The highest BCUT2D eigenvalue weighted by atomic mass is 16.5. The molecule has 3 nitrogen and oxygen atoms in total. The van der Waals surface area contributed by atoms with Gasteiger partial charge in [-0.25, -0.2) is 0 Å². The number of hydrogen-bond donors (Lipinski definition) is 2. The first-order chi connectivity index (χ1) is 9.20. The average molecular weight is 262 g/mol. The van der Waals surface area contributed by atoms with Crippen LogP contribution in [0.1, 0.15) is 31.4 Å². The number of nitrogens with two attached hydrogens (primary N) is 1. The van der Waals surface area contributed by atoms with Crippen molar-refractivity contribution < 1.29 is 4.74 Å². The van der Waals surface area contributed by atoms with Crippen molar-refractivity contribution in [2.24, 2.45) is 17.6 Å². The number of benzene rings is 1. The average Bonchev–Trinajstić information content (AvgIpc) is 2.43. The van der Waals surface area contributed by atoms with Gasteiger partial charge in [-0.2, -0.15) is 0 Å². The molecule has 0 radical (unpaired) electrons. The molecule has 1 heterocycles. The molecular weight excluding hydrogens is 236 g/mol. The maximum atomic E-state index is 5.79. The van der Waals surface area contributed by atoms with Gasteiger partial charge in [0.2, 0.25) is 0 Å². The molecule has 3 N–H and O–H groups in total. The number of hydrogen-bond acceptors (Lipinski definition) is 3. The Bertz CT molecular complexity index is 404. The Hall–Kier alpha value is -1.06. The third kappa shape index (κ3) is 3.95. The highest BCUT2D eigenvalue weighted by Gasteiger charge is 2.12. The van der Waals surface area contributed by atoms with Crippen molar-refractivity contribution in [3.63, 3.8) is 0 Å². The lowest BCUT2D eigenvalue weighted by Crippen LogP contribution is -2.31. The summed E-state index contributed by atoms with van der Waals surface area (Å²) in [4.78, 5) is 0. The van der Waals surface area contributed by atoms with E-state index < -0.39 is 0 Å². The van der Waals surface area contributed by atoms with E-state index in [0.29, 0.717) is 11.8 Å². The van der Waals surface area contributed by atoms with Gasteiger partial charge in [-0.15, -0.1) is 0 Å². The maximum Gasteiger partial charge on any atom is 0.122 e. The summed E-state index contributed by atoms with van der Waals surface area (Å²) in [6.45, 7) is 7.98. The zero-order chi connectivity index (χ0) is 13.7. The van der Waals surface area contributed by atoms with Crippen LogP contribution in [-0.4, -0.2) is 19.7 Å². The molecule has 3 heteroatoms. The van der Waals surface area contributed by atoms with Gasteiger partial charge in [0, 0.05) is 6.54 Å². The molecule has 0 amide bonds. The van der Waals surface area contributed by atoms with Crippen LogP contribution in [0.15, 0.2) is 18.2 Å². The van der Waals surface area contributed by atoms with Gasteiger partial charge in [0.15, 0.2) is 0 Å². The molecule has 1 aromatic rings. The van der Waals surface area contributed by atoms with Crippen LogP contribution < -0.4 is 15.8 Å². The van der Waals surface area contributed by atoms with Crippen molar-refractivity contribution in [3.05, 3.63) is 29.3 Å². The molecule has 0 saturated heterocycles. The zero-order valence-electron chi connectivity index (χ0n) is 12.1. The van der Waals surface area contributed by atoms with Crippen molar-refractivity contribution in [2.45, 2.75) is 33.2 Å². The summed E-state index contributed by atoms with van der Waals surface area (Å²) < 4.78 is 5.63. The molecule has 1 unspecified atom stereocenters. The van der Waals surface area contributed by atoms with Gasteiger partial charge in [0.05, 0.1) is 6.61 Å². The van der Waals surface area contributed by atoms with Crippen LogP contribution in [-0.2, 0) is 13.0 Å². The third-order valence-electron chi connectivity index (χ3n) is 3.95. The number of aryl methyl sites for hydroxylation is 1. The fourth-order valence-electron chi connectivity index (χ4n) is 2.52. The van der Waals surface area contributed by atoms with Crippen LogP contribution in [0, 0.1) is 11.8 Å². The van der Waals surface area contributed by atoms with Crippen molar-refractivity contribution in [3.8, 4) is 5.75 Å². The highest BCUT2D eigenvalue weighted by molar-refractivity contribution is 5.38. The van der Waals surface area contributed by atoms with Gasteiger partial charge in [-0.1, -0.05) is 26.0 Å². The van der Waals surface area contributed by atoms with E-state index in [4.69, 9.17) is 10.5 Å². The Labute approximate surface area is 116 Å². The smallest absolute Gasteiger partial charge is 0.122 e. The van der Waals surface area contributed by atoms with Crippen molar-refractivity contribution in [1.82, 2.24) is 5.32 Å². The Balaban J connectivity index is 1.86. The molecular formula is C16H26N2O. The molecule has 0 bridgehead atoms. The van der Waals surface area contributed by atoms with E-state index in [2.05, 4.69) is 37.4 Å². The number of ether oxygens (including phenoxy) is 1. The lowest BCUT2D eigenvalue weighted by molar-refractivity contribution is 0.288. The lowest BCUT2D eigenvalue weighted by atomic mass is 9.96. The van der Waals surface area contributed by atoms with E-state index in [1.165, 1.54) is 11.1 Å². The van der Waals surface area contributed by atoms with Gasteiger partial charge < -0.3 is 15.8 Å².